The molecule has 0 aromatic rings. The molecule has 0 amide bonds. The predicted molar refractivity (Wildman–Crippen MR) is 73.3 cm³/mol. The molecule has 0 aliphatic carbocycles. The Balaban J connectivity index is 2.50. The monoisotopic (exact) mass is 260 g/mol. The number of rotatable bonds is 6. The summed E-state index contributed by atoms with van der Waals surface area (Å²) in [7, 11) is 1.74. The maximum atomic E-state index is 5.82. The molecule has 0 saturated carbocycles. The van der Waals surface area contributed by atoms with Gasteiger partial charge in [-0.1, -0.05) is 12.2 Å². The number of piperidine rings is 1. The van der Waals surface area contributed by atoms with Gasteiger partial charge in [-0.2, -0.15) is 0 Å². The first-order valence-corrected chi connectivity index (χ1v) is 6.64. The summed E-state index contributed by atoms with van der Waals surface area (Å²) >= 11 is 5.15. The van der Waals surface area contributed by atoms with Crippen molar-refractivity contribution in [1.82, 2.24) is 4.90 Å². The van der Waals surface area contributed by atoms with Crippen LogP contribution in [0.15, 0.2) is 0 Å². The zero-order chi connectivity index (χ0) is 12.9. The van der Waals surface area contributed by atoms with Crippen LogP contribution in [0.1, 0.15) is 26.7 Å². The van der Waals surface area contributed by atoms with Crippen molar-refractivity contribution in [2.24, 2.45) is 5.73 Å². The number of hydrogen-bond donors (Lipinski definition) is 1. The molecule has 1 heterocycles. The fourth-order valence-corrected chi connectivity index (χ4v) is 2.54. The first kappa shape index (κ1) is 14.8. The lowest BCUT2D eigenvalue weighted by Gasteiger charge is -2.41. The highest BCUT2D eigenvalue weighted by Crippen LogP contribution is 2.27. The molecule has 1 atom stereocenters. The number of ether oxygens (including phenoxy) is 2. The Bertz CT molecular complexity index is 253. The van der Waals surface area contributed by atoms with Crippen LogP contribution in [0.25, 0.3) is 0 Å². The fourth-order valence-electron chi connectivity index (χ4n) is 2.27. The van der Waals surface area contributed by atoms with Crippen molar-refractivity contribution < 1.29 is 9.47 Å². The molecule has 2 N–H and O–H groups in total. The molecule has 100 valence electrons. The molecule has 0 bridgehead atoms. The van der Waals surface area contributed by atoms with Gasteiger partial charge in [-0.15, -0.1) is 0 Å². The van der Waals surface area contributed by atoms with Crippen molar-refractivity contribution in [2.75, 3.05) is 33.4 Å². The molecule has 1 saturated heterocycles. The Labute approximate surface area is 109 Å². The number of nitrogens with zero attached hydrogens (tertiary/aromatic N) is 1. The number of hydrogen-bond acceptors (Lipinski definition) is 4. The first-order chi connectivity index (χ1) is 8.04. The van der Waals surface area contributed by atoms with E-state index in [0.717, 1.165) is 32.5 Å². The summed E-state index contributed by atoms with van der Waals surface area (Å²) in [5.41, 5.74) is 5.45. The molecule has 0 spiro atoms. The van der Waals surface area contributed by atoms with Gasteiger partial charge in [0.05, 0.1) is 6.10 Å². The molecule has 1 aliphatic rings. The molecule has 1 rings (SSSR count). The number of likely N-dealkylation sites (tertiary alicyclic amines) is 1. The molecule has 1 unspecified atom stereocenters. The Morgan fingerprint density at radius 2 is 2.06 bits per heavy atom. The zero-order valence-electron chi connectivity index (χ0n) is 11.1. The van der Waals surface area contributed by atoms with Crippen LogP contribution in [-0.4, -0.2) is 54.9 Å². The second-order valence-corrected chi connectivity index (χ2v) is 5.08. The van der Waals surface area contributed by atoms with E-state index in [0.29, 0.717) is 11.6 Å². The van der Waals surface area contributed by atoms with Gasteiger partial charge in [0.2, 0.25) is 0 Å². The Morgan fingerprint density at radius 3 is 2.47 bits per heavy atom. The van der Waals surface area contributed by atoms with Gasteiger partial charge in [0, 0.05) is 33.4 Å². The summed E-state index contributed by atoms with van der Waals surface area (Å²) in [5, 5.41) is 0. The number of methoxy groups -OCH3 is 1. The van der Waals surface area contributed by atoms with Gasteiger partial charge in [-0.25, -0.2) is 0 Å². The summed E-state index contributed by atoms with van der Waals surface area (Å²) in [6.07, 6.45) is 2.03. The predicted octanol–water partition coefficient (Wildman–Crippen LogP) is 1.18. The summed E-state index contributed by atoms with van der Waals surface area (Å²) in [6.45, 7) is 7.61. The quantitative estimate of drug-likeness (QED) is 0.727. The fraction of sp³-hybridized carbons (Fsp3) is 0.917. The lowest BCUT2D eigenvalue weighted by molar-refractivity contribution is -0.0365. The Hall–Kier alpha value is -0.230. The minimum absolute atomic E-state index is 0.263. The standard InChI is InChI=1S/C12H24N2O2S/c1-4-16-12(11(13)17)5-7-14(8-6-12)9-10(2)15-3/h10H,4-9H2,1-3H3,(H2,13,17). The summed E-state index contributed by atoms with van der Waals surface area (Å²) in [4.78, 5) is 2.88. The van der Waals surface area contributed by atoms with Crippen molar-refractivity contribution >= 4 is 17.2 Å². The maximum absolute atomic E-state index is 5.82. The van der Waals surface area contributed by atoms with E-state index in [1.54, 1.807) is 7.11 Å². The number of nitrogens with two attached hydrogens (primary N) is 1. The third-order valence-corrected chi connectivity index (χ3v) is 3.82. The van der Waals surface area contributed by atoms with Crippen LogP contribution >= 0.6 is 12.2 Å². The Morgan fingerprint density at radius 1 is 1.47 bits per heavy atom. The molecule has 5 heteroatoms. The van der Waals surface area contributed by atoms with Gasteiger partial charge in [-0.05, 0) is 26.7 Å². The van der Waals surface area contributed by atoms with Gasteiger partial charge in [-0.3, -0.25) is 0 Å². The molecule has 1 fully saturated rings. The van der Waals surface area contributed by atoms with Crippen LogP contribution in [0.5, 0.6) is 0 Å². The zero-order valence-corrected chi connectivity index (χ0v) is 11.9. The third-order valence-electron chi connectivity index (χ3n) is 3.45. The highest BCUT2D eigenvalue weighted by atomic mass is 32.1. The van der Waals surface area contributed by atoms with E-state index in [1.165, 1.54) is 0 Å². The van der Waals surface area contributed by atoms with Gasteiger partial charge >= 0.3 is 0 Å². The highest BCUT2D eigenvalue weighted by Gasteiger charge is 2.38. The first-order valence-electron chi connectivity index (χ1n) is 6.23. The second kappa shape index (κ2) is 6.64. The minimum atomic E-state index is -0.378. The molecular weight excluding hydrogens is 236 g/mol. The molecule has 0 aromatic carbocycles. The van der Waals surface area contributed by atoms with E-state index in [-0.39, 0.29) is 11.7 Å². The van der Waals surface area contributed by atoms with Crippen LogP contribution < -0.4 is 5.73 Å². The van der Waals surface area contributed by atoms with E-state index >= 15 is 0 Å². The van der Waals surface area contributed by atoms with Crippen LogP contribution in [0.4, 0.5) is 0 Å². The van der Waals surface area contributed by atoms with E-state index in [2.05, 4.69) is 11.8 Å². The Kier molecular flexibility index (Phi) is 5.79. The van der Waals surface area contributed by atoms with E-state index < -0.39 is 0 Å². The summed E-state index contributed by atoms with van der Waals surface area (Å²) in [5.74, 6) is 0. The van der Waals surface area contributed by atoms with Crippen molar-refractivity contribution in [1.29, 1.82) is 0 Å². The number of thiocarbonyl (C=S) groups is 1. The van der Waals surface area contributed by atoms with Gasteiger partial charge < -0.3 is 20.1 Å². The van der Waals surface area contributed by atoms with Crippen molar-refractivity contribution in [2.45, 2.75) is 38.4 Å². The average Bonchev–Trinajstić information content (AvgIpc) is 2.31. The smallest absolute Gasteiger partial charge is 0.120 e. The molecule has 4 nitrogen and oxygen atoms in total. The lowest BCUT2D eigenvalue weighted by atomic mass is 9.91. The molecule has 1 aliphatic heterocycles. The van der Waals surface area contributed by atoms with Gasteiger partial charge in [0.1, 0.15) is 10.6 Å². The van der Waals surface area contributed by atoms with Crippen LogP contribution in [0.2, 0.25) is 0 Å². The van der Waals surface area contributed by atoms with Crippen molar-refractivity contribution in [3.8, 4) is 0 Å². The SMILES string of the molecule is CCOC1(C(N)=S)CCN(CC(C)OC)CC1. The summed E-state index contributed by atoms with van der Waals surface area (Å²) in [6, 6.07) is 0. The topological polar surface area (TPSA) is 47.7 Å². The summed E-state index contributed by atoms with van der Waals surface area (Å²) < 4.78 is 11.1. The minimum Gasteiger partial charge on any atom is -0.391 e. The molecule has 17 heavy (non-hydrogen) atoms. The van der Waals surface area contributed by atoms with Crippen LogP contribution in [0, 0.1) is 0 Å². The maximum Gasteiger partial charge on any atom is 0.120 e. The van der Waals surface area contributed by atoms with Crippen LogP contribution in [-0.2, 0) is 9.47 Å². The van der Waals surface area contributed by atoms with E-state index in [9.17, 15) is 0 Å². The van der Waals surface area contributed by atoms with Crippen LogP contribution in [0.3, 0.4) is 0 Å². The van der Waals surface area contributed by atoms with E-state index in [4.69, 9.17) is 27.4 Å². The largest absolute Gasteiger partial charge is 0.391 e. The van der Waals surface area contributed by atoms with Gasteiger partial charge in [0.25, 0.3) is 0 Å². The second-order valence-electron chi connectivity index (χ2n) is 4.64. The molecule has 0 aromatic heterocycles. The molecular formula is C12H24N2O2S. The normalized spacial score (nSPS) is 22.3. The highest BCUT2D eigenvalue weighted by molar-refractivity contribution is 7.80. The van der Waals surface area contributed by atoms with Crippen molar-refractivity contribution in [3.05, 3.63) is 0 Å². The van der Waals surface area contributed by atoms with E-state index in [1.807, 2.05) is 6.92 Å². The van der Waals surface area contributed by atoms with Crippen molar-refractivity contribution in [3.63, 3.8) is 0 Å². The molecule has 0 radical (unpaired) electrons. The lowest BCUT2D eigenvalue weighted by Crippen LogP contribution is -2.54. The van der Waals surface area contributed by atoms with Gasteiger partial charge in [0.15, 0.2) is 0 Å². The average molecular weight is 260 g/mol. The third kappa shape index (κ3) is 3.88.